The van der Waals surface area contributed by atoms with Gasteiger partial charge in [0, 0.05) is 68.2 Å². The number of hydrogen-bond donors (Lipinski definition) is 6. The van der Waals surface area contributed by atoms with E-state index in [-0.39, 0.29) is 86.1 Å². The normalized spacial score (nSPS) is 17.0. The molecular weight excluding hydrogens is 853 g/mol. The van der Waals surface area contributed by atoms with Crippen LogP contribution in [0, 0.1) is 11.3 Å². The van der Waals surface area contributed by atoms with E-state index in [1.807, 2.05) is 4.90 Å². The predicted octanol–water partition coefficient (Wildman–Crippen LogP) is 2.71. The summed E-state index contributed by atoms with van der Waals surface area (Å²) in [5.74, 6) is -0.413. The molecule has 8 rings (SSSR count). The summed E-state index contributed by atoms with van der Waals surface area (Å²) >= 11 is 0. The lowest BCUT2D eigenvalue weighted by molar-refractivity contribution is -0.134. The number of aromatic nitrogens is 5. The number of carbonyl (C=O) groups is 6. The van der Waals surface area contributed by atoms with Crippen molar-refractivity contribution in [2.45, 2.75) is 38.5 Å². The molecule has 4 aromatic heterocycles. The van der Waals surface area contributed by atoms with E-state index in [9.17, 15) is 28.8 Å². The number of nitrogens with two attached hydrogens (primary N) is 1. The van der Waals surface area contributed by atoms with Crippen molar-refractivity contribution < 1.29 is 42.7 Å². The molecule has 1 unspecified atom stereocenters. The van der Waals surface area contributed by atoms with E-state index in [0.717, 1.165) is 6.54 Å². The largest absolute Gasteiger partial charge is 0.444 e. The predicted molar refractivity (Wildman–Crippen MR) is 238 cm³/mol. The zero-order chi connectivity index (χ0) is 46.0. The van der Waals surface area contributed by atoms with Gasteiger partial charge in [0.25, 0.3) is 23.6 Å². The van der Waals surface area contributed by atoms with Gasteiger partial charge in [-0.2, -0.15) is 5.10 Å². The third-order valence-corrected chi connectivity index (χ3v) is 11.5. The van der Waals surface area contributed by atoms with Gasteiger partial charge < -0.3 is 45.8 Å². The summed E-state index contributed by atoms with van der Waals surface area (Å²) in [6.07, 6.45) is 10.5. The number of primary amides is 1. The maximum atomic E-state index is 13.2. The lowest BCUT2D eigenvalue weighted by atomic mass is 9.82. The molecular formula is C45H50N12O9. The Kier molecular flexibility index (Phi) is 14.0. The molecule has 0 bridgehead atoms. The van der Waals surface area contributed by atoms with Crippen LogP contribution in [0.15, 0.2) is 77.8 Å². The highest BCUT2D eigenvalue weighted by Crippen LogP contribution is 2.39. The Morgan fingerprint density at radius 2 is 1.62 bits per heavy atom. The van der Waals surface area contributed by atoms with Crippen molar-refractivity contribution in [1.82, 2.24) is 40.7 Å². The van der Waals surface area contributed by atoms with E-state index in [1.165, 1.54) is 30.0 Å². The Hall–Kier alpha value is -7.52. The van der Waals surface area contributed by atoms with Crippen LogP contribution in [0.1, 0.15) is 80.2 Å². The summed E-state index contributed by atoms with van der Waals surface area (Å²) < 4.78 is 18.1. The quantitative estimate of drug-likeness (QED) is 0.0484. The number of hydrogen-bond acceptors (Lipinski definition) is 15. The van der Waals surface area contributed by atoms with E-state index in [4.69, 9.17) is 19.6 Å². The molecule has 2 aliphatic heterocycles. The molecule has 7 N–H and O–H groups in total. The zero-order valence-corrected chi connectivity index (χ0v) is 36.0. The average molecular weight is 903 g/mol. The molecule has 6 amide bonds. The van der Waals surface area contributed by atoms with Crippen molar-refractivity contribution >= 4 is 52.8 Å². The van der Waals surface area contributed by atoms with Crippen molar-refractivity contribution in [2.75, 3.05) is 74.7 Å². The minimum atomic E-state index is -0.861. The fraction of sp³-hybridized carbons (Fsp3) is 0.378. The second-order valence-corrected chi connectivity index (χ2v) is 16.3. The van der Waals surface area contributed by atoms with Crippen LogP contribution in [-0.4, -0.2) is 119 Å². The molecule has 3 aliphatic rings. The molecule has 0 radical (unpaired) electrons. The van der Waals surface area contributed by atoms with Gasteiger partial charge in [-0.3, -0.25) is 34.1 Å². The van der Waals surface area contributed by atoms with E-state index in [0.29, 0.717) is 78.7 Å². The molecule has 6 heterocycles. The second kappa shape index (κ2) is 20.5. The first-order chi connectivity index (χ1) is 32.0. The van der Waals surface area contributed by atoms with Gasteiger partial charge in [-0.1, -0.05) is 0 Å². The molecule has 5 aromatic rings. The third kappa shape index (κ3) is 11.2. The highest BCUT2D eigenvalue weighted by Gasteiger charge is 2.46. The summed E-state index contributed by atoms with van der Waals surface area (Å²) in [7, 11) is 0. The first-order valence-electron chi connectivity index (χ1n) is 21.8. The van der Waals surface area contributed by atoms with Crippen molar-refractivity contribution in [3.8, 4) is 17.1 Å². The summed E-state index contributed by atoms with van der Waals surface area (Å²) in [4.78, 5) is 90.8. The van der Waals surface area contributed by atoms with Crippen LogP contribution in [0.3, 0.4) is 0 Å². The SMILES string of the molecule is NC(=O)c1nn(-c2ccc(C(=O)NCCOCCOCCNC(=O)c3ccnc(N4CCC5(CCCC(=O)NC5=O)C4)c3)cc2)cc1NC(=O)c1coc(-c2ccnc(NCC3CC3)c2)n1. The topological polar surface area (TPSA) is 280 Å². The van der Waals surface area contributed by atoms with Gasteiger partial charge in [0.15, 0.2) is 11.4 Å². The lowest BCUT2D eigenvalue weighted by Gasteiger charge is -2.26. The van der Waals surface area contributed by atoms with Crippen LogP contribution >= 0.6 is 0 Å². The number of nitrogens with one attached hydrogen (secondary N) is 5. The molecule has 1 aromatic carbocycles. The van der Waals surface area contributed by atoms with E-state index < -0.39 is 17.2 Å². The van der Waals surface area contributed by atoms with Crippen LogP contribution < -0.4 is 37.2 Å². The molecule has 344 valence electrons. The number of anilines is 3. The monoisotopic (exact) mass is 902 g/mol. The number of amides is 6. The summed E-state index contributed by atoms with van der Waals surface area (Å²) in [6, 6.07) is 13.3. The van der Waals surface area contributed by atoms with Crippen LogP contribution in [0.5, 0.6) is 0 Å². The fourth-order valence-electron chi connectivity index (χ4n) is 7.69. The van der Waals surface area contributed by atoms with Crippen molar-refractivity contribution in [3.05, 3.63) is 95.9 Å². The molecule has 2 saturated heterocycles. The Bertz CT molecular complexity index is 2590. The Morgan fingerprint density at radius 1 is 0.879 bits per heavy atom. The van der Waals surface area contributed by atoms with Gasteiger partial charge in [-0.15, -0.1) is 0 Å². The molecule has 1 aliphatic carbocycles. The number of benzene rings is 1. The van der Waals surface area contributed by atoms with Gasteiger partial charge in [0.05, 0.1) is 49.4 Å². The van der Waals surface area contributed by atoms with Crippen LogP contribution in [0.25, 0.3) is 17.1 Å². The van der Waals surface area contributed by atoms with Crippen LogP contribution in [-0.2, 0) is 19.1 Å². The number of oxazole rings is 1. The van der Waals surface area contributed by atoms with Crippen molar-refractivity contribution in [2.24, 2.45) is 17.1 Å². The van der Waals surface area contributed by atoms with Gasteiger partial charge >= 0.3 is 0 Å². The summed E-state index contributed by atoms with van der Waals surface area (Å²) in [5.41, 5.74) is 6.75. The maximum absolute atomic E-state index is 13.2. The number of nitrogens with zero attached hydrogens (tertiary/aromatic N) is 6. The van der Waals surface area contributed by atoms with E-state index >= 15 is 0 Å². The molecule has 66 heavy (non-hydrogen) atoms. The number of imide groups is 1. The van der Waals surface area contributed by atoms with Crippen molar-refractivity contribution in [1.29, 1.82) is 0 Å². The first-order valence-corrected chi connectivity index (χ1v) is 21.8. The molecule has 1 atom stereocenters. The van der Waals surface area contributed by atoms with E-state index in [2.05, 4.69) is 46.6 Å². The smallest absolute Gasteiger partial charge is 0.277 e. The van der Waals surface area contributed by atoms with E-state index in [1.54, 1.807) is 60.9 Å². The van der Waals surface area contributed by atoms with Gasteiger partial charge in [0.1, 0.15) is 17.9 Å². The van der Waals surface area contributed by atoms with Gasteiger partial charge in [-0.25, -0.2) is 19.6 Å². The third-order valence-electron chi connectivity index (χ3n) is 11.5. The molecule has 1 spiro atoms. The minimum Gasteiger partial charge on any atom is -0.444 e. The number of ether oxygens (including phenoxy) is 2. The highest BCUT2D eigenvalue weighted by molar-refractivity contribution is 6.07. The average Bonchev–Trinajstić information content (AvgIpc) is 3.65. The number of rotatable bonds is 20. The van der Waals surface area contributed by atoms with Gasteiger partial charge in [-0.05, 0) is 86.6 Å². The van der Waals surface area contributed by atoms with Crippen LogP contribution in [0.2, 0.25) is 0 Å². The summed E-state index contributed by atoms with van der Waals surface area (Å²) in [6.45, 7) is 3.45. The maximum Gasteiger partial charge on any atom is 0.277 e. The number of pyridine rings is 2. The second-order valence-electron chi connectivity index (χ2n) is 16.3. The zero-order valence-electron chi connectivity index (χ0n) is 36.0. The standard InChI is InChI=1S/C45H50N12O9/c46-39(59)38-33(52-42(62)34-26-66-43(53-34)31-10-13-47-35(22-31)51-24-28-3-4-28)25-57(55-38)32-7-5-29(6-8-32)40(60)49-15-18-64-20-21-65-19-16-50-41(61)30-9-14-48-36(23-30)56-17-12-45(27-56)11-1-2-37(58)54-44(45)63/h5-10,13-14,22-23,25-26,28H,1-4,11-12,15-21,24,27H2,(H2,46,59)(H,47,51)(H,49,60)(H,50,61)(H,52,62)(H,54,58,63). The molecule has 3 fully saturated rings. The molecule has 1 saturated carbocycles. The van der Waals surface area contributed by atoms with Crippen molar-refractivity contribution in [3.63, 3.8) is 0 Å². The Morgan fingerprint density at radius 3 is 2.36 bits per heavy atom. The van der Waals surface area contributed by atoms with Crippen LogP contribution in [0.4, 0.5) is 17.3 Å². The van der Waals surface area contributed by atoms with Gasteiger partial charge in [0.2, 0.25) is 17.7 Å². The number of carbonyl (C=O) groups excluding carboxylic acids is 6. The Balaban J connectivity index is 0.719. The highest BCUT2D eigenvalue weighted by atomic mass is 16.5. The molecule has 21 heteroatoms. The minimum absolute atomic E-state index is 0.0228. The lowest BCUT2D eigenvalue weighted by Crippen LogP contribution is -2.43. The Labute approximate surface area is 378 Å². The first kappa shape index (κ1) is 45.1. The molecule has 21 nitrogen and oxygen atoms in total. The summed E-state index contributed by atoms with van der Waals surface area (Å²) in [5, 5.41) is 18.3. The fourth-order valence-corrected chi connectivity index (χ4v) is 7.69.